The Morgan fingerprint density at radius 2 is 1.38 bits per heavy atom. The second-order valence-electron chi connectivity index (χ2n) is 15.8. The highest BCUT2D eigenvalue weighted by Gasteiger charge is 2.47. The molecule has 3 aromatic heterocycles. The largest absolute Gasteiger partial charge is 0.543 e. The van der Waals surface area contributed by atoms with E-state index < -0.39 is 13.9 Å². The maximum Gasteiger partial charge on any atom is 0.258 e. The highest BCUT2D eigenvalue weighted by atomic mass is 28.4. The number of anilines is 1. The Kier molecular flexibility index (Phi) is 11.9. The van der Waals surface area contributed by atoms with Crippen LogP contribution in [0.5, 0.6) is 5.75 Å². The van der Waals surface area contributed by atoms with Gasteiger partial charge in [-0.3, -0.25) is 9.48 Å². The summed E-state index contributed by atoms with van der Waals surface area (Å²) in [6, 6.07) is 41.4. The average Bonchev–Trinajstić information content (AvgIpc) is 3.90. The predicted molar refractivity (Wildman–Crippen MR) is 237 cm³/mol. The summed E-state index contributed by atoms with van der Waals surface area (Å²) in [6.45, 7) is 14.5. The minimum Gasteiger partial charge on any atom is -0.543 e. The van der Waals surface area contributed by atoms with Crippen molar-refractivity contribution in [3.05, 3.63) is 173 Å². The van der Waals surface area contributed by atoms with Gasteiger partial charge in [0.15, 0.2) is 5.65 Å². The number of nitrogens with one attached hydrogen (secondary N) is 1. The topological polar surface area (TPSA) is 99.8 Å². The molecule has 0 atom stereocenters. The van der Waals surface area contributed by atoms with E-state index >= 15 is 0 Å². The van der Waals surface area contributed by atoms with Gasteiger partial charge < -0.3 is 9.74 Å². The predicted octanol–water partition coefficient (Wildman–Crippen LogP) is 10.3. The second kappa shape index (κ2) is 17.2. The summed E-state index contributed by atoms with van der Waals surface area (Å²) >= 11 is 0. The number of hydrogen-bond donors (Lipinski definition) is 1. The summed E-state index contributed by atoms with van der Waals surface area (Å²) in [5.41, 5.74) is 8.02. The molecule has 0 radical (unpaired) electrons. The van der Waals surface area contributed by atoms with Crippen LogP contribution in [-0.2, 0) is 23.3 Å². The second-order valence-corrected chi connectivity index (χ2v) is 21.2. The van der Waals surface area contributed by atoms with Crippen molar-refractivity contribution in [2.45, 2.75) is 76.7 Å². The van der Waals surface area contributed by atoms with Crippen molar-refractivity contribution >= 4 is 37.2 Å². The quantitative estimate of drug-likeness (QED) is 0.0450. The van der Waals surface area contributed by atoms with Gasteiger partial charge in [0.25, 0.3) is 8.32 Å². The molecule has 296 valence electrons. The first-order valence-electron chi connectivity index (χ1n) is 20.2. The van der Waals surface area contributed by atoms with Gasteiger partial charge in [0.2, 0.25) is 0 Å². The highest BCUT2D eigenvalue weighted by molar-refractivity contribution is 6.78. The van der Waals surface area contributed by atoms with Crippen molar-refractivity contribution in [3.63, 3.8) is 0 Å². The lowest BCUT2D eigenvalue weighted by molar-refractivity contribution is -0.104. The van der Waals surface area contributed by atoms with E-state index in [1.54, 1.807) is 12.3 Å². The first kappa shape index (κ1) is 40.1. The molecule has 4 aromatic carbocycles. The Balaban J connectivity index is 1.27. The fourth-order valence-electron chi connectivity index (χ4n) is 8.97. The van der Waals surface area contributed by atoms with Gasteiger partial charge in [-0.05, 0) is 75.1 Å². The molecule has 0 saturated carbocycles. The molecule has 7 rings (SSSR count). The van der Waals surface area contributed by atoms with Crippen LogP contribution in [0.15, 0.2) is 140 Å². The molecule has 7 aromatic rings. The van der Waals surface area contributed by atoms with Crippen molar-refractivity contribution < 1.29 is 9.22 Å². The fraction of sp³-hybridized carbons (Fsp3) is 0.271. The molecule has 0 amide bonds. The Hall–Kier alpha value is -6.13. The maximum absolute atomic E-state index is 12.4. The molecule has 3 heterocycles. The van der Waals surface area contributed by atoms with Gasteiger partial charge in [-0.25, -0.2) is 9.67 Å². The summed E-state index contributed by atoms with van der Waals surface area (Å²) < 4.78 is 10.8. The van der Waals surface area contributed by atoms with E-state index in [2.05, 4.69) is 108 Å². The Morgan fingerprint density at radius 1 is 0.793 bits per heavy atom. The van der Waals surface area contributed by atoms with Gasteiger partial charge >= 0.3 is 0 Å². The average molecular weight is 788 g/mol. The smallest absolute Gasteiger partial charge is 0.258 e. The molecule has 0 spiro atoms. The number of benzene rings is 4. The zero-order valence-electron chi connectivity index (χ0n) is 34.5. The first-order chi connectivity index (χ1) is 28.1. The number of aldehydes is 1. The van der Waals surface area contributed by atoms with E-state index in [0.717, 1.165) is 40.7 Å². The Morgan fingerprint density at radius 3 is 1.91 bits per heavy atom. The van der Waals surface area contributed by atoms with E-state index in [1.165, 1.54) is 5.56 Å². The number of nitrogens with zero attached hydrogens (tertiary/aromatic N) is 6. The van der Waals surface area contributed by atoms with Crippen LogP contribution >= 0.6 is 0 Å². The molecule has 0 bridgehead atoms. The van der Waals surface area contributed by atoms with Crippen molar-refractivity contribution in [1.29, 1.82) is 0 Å². The number of fused-ring (bicyclic) bond motifs is 1. The fourth-order valence-corrected chi connectivity index (χ4v) is 14.2. The molecule has 58 heavy (non-hydrogen) atoms. The van der Waals surface area contributed by atoms with Crippen molar-refractivity contribution in [3.8, 4) is 5.75 Å². The third-order valence-corrected chi connectivity index (χ3v) is 17.6. The zero-order valence-corrected chi connectivity index (χ0v) is 35.5. The van der Waals surface area contributed by atoms with Gasteiger partial charge in [0, 0.05) is 30.9 Å². The minimum atomic E-state index is -2.09. The van der Waals surface area contributed by atoms with Crippen LogP contribution in [0.4, 0.5) is 5.82 Å². The number of pyridine rings is 1. The number of carbonyl (C=O) groups excluding carboxylic acids is 1. The van der Waals surface area contributed by atoms with E-state index in [4.69, 9.17) is 24.8 Å². The molecular weight excluding hydrogens is 735 g/mol. The standard InChI is InChI=1S/C48H53N7O2Si/c1-34(2)58(35(3)4,36(5)6)57-42-25-17-18-37(30-42)26-28-54-33-38(32-50-54)43(27-29-56)44-31-45(49-7)51-47-46(44)52-53-55(47)48(39-19-11-8-12-20-39,40-21-13-9-14-22-40)41-23-15-10-16-24-41/h8-25,27,29-36H,26,28H2,1-7H3,(H,49,51)/b43-27+. The number of carbonyl (C=O) groups is 1. The van der Waals surface area contributed by atoms with Crippen LogP contribution in [0.2, 0.25) is 16.6 Å². The Bertz CT molecular complexity index is 2370. The molecule has 0 saturated heterocycles. The monoisotopic (exact) mass is 787 g/mol. The molecule has 0 aliphatic rings. The normalized spacial score (nSPS) is 12.5. The van der Waals surface area contributed by atoms with Crippen molar-refractivity contribution in [2.75, 3.05) is 12.4 Å². The summed E-state index contributed by atoms with van der Waals surface area (Å²) in [5.74, 6) is 1.56. The SMILES string of the molecule is CNc1cc(/C(=C/C=O)c2cnn(CCc3cccc(O[Si](C(C)C)(C(C)C)C(C)C)c3)c2)c2nnn(C(c3ccccc3)(c3ccccc3)c3ccccc3)c2n1. The van der Waals surface area contributed by atoms with Crippen LogP contribution in [-0.4, -0.2) is 51.4 Å². The number of hydrogen-bond acceptors (Lipinski definition) is 7. The number of rotatable bonds is 16. The van der Waals surface area contributed by atoms with E-state index in [9.17, 15) is 4.79 Å². The molecule has 0 unspecified atom stereocenters. The third kappa shape index (κ3) is 7.40. The minimum absolute atomic E-state index is 0.488. The van der Waals surface area contributed by atoms with Gasteiger partial charge in [-0.15, -0.1) is 5.10 Å². The molecule has 10 heteroatoms. The van der Waals surface area contributed by atoms with E-state index in [1.807, 2.05) is 83.3 Å². The molecular formula is C48H53N7O2Si. The van der Waals surface area contributed by atoms with Gasteiger partial charge in [-0.1, -0.05) is 150 Å². The van der Waals surface area contributed by atoms with Crippen LogP contribution in [0.25, 0.3) is 16.7 Å². The lowest BCUT2D eigenvalue weighted by atomic mass is 9.77. The molecule has 9 nitrogen and oxygen atoms in total. The van der Waals surface area contributed by atoms with Crippen molar-refractivity contribution in [2.24, 2.45) is 0 Å². The molecule has 0 aliphatic carbocycles. The number of aryl methyl sites for hydroxylation is 2. The first-order valence-corrected chi connectivity index (χ1v) is 22.3. The molecule has 0 aliphatic heterocycles. The van der Waals surface area contributed by atoms with Crippen LogP contribution in [0, 0.1) is 0 Å². The molecule has 1 N–H and O–H groups in total. The summed E-state index contributed by atoms with van der Waals surface area (Å²) in [5, 5.41) is 17.8. The summed E-state index contributed by atoms with van der Waals surface area (Å²) in [4.78, 5) is 17.5. The number of aromatic nitrogens is 6. The highest BCUT2D eigenvalue weighted by Crippen LogP contribution is 2.44. The number of allylic oxidation sites excluding steroid dienone is 1. The molecule has 0 fully saturated rings. The zero-order chi connectivity index (χ0) is 40.9. The van der Waals surface area contributed by atoms with Crippen LogP contribution < -0.4 is 9.74 Å². The van der Waals surface area contributed by atoms with E-state index in [-0.39, 0.29) is 0 Å². The third-order valence-electron chi connectivity index (χ3n) is 11.6. The maximum atomic E-state index is 12.4. The summed E-state index contributed by atoms with van der Waals surface area (Å²) in [6.07, 6.45) is 6.94. The Labute approximate surface area is 342 Å². The van der Waals surface area contributed by atoms with E-state index in [0.29, 0.717) is 51.3 Å². The van der Waals surface area contributed by atoms with Gasteiger partial charge in [0.05, 0.1) is 6.20 Å². The van der Waals surface area contributed by atoms with Crippen molar-refractivity contribution in [1.82, 2.24) is 29.8 Å². The lowest BCUT2D eigenvalue weighted by Gasteiger charge is -2.42. The van der Waals surface area contributed by atoms with Crippen LogP contribution in [0.3, 0.4) is 0 Å². The lowest BCUT2D eigenvalue weighted by Crippen LogP contribution is -2.50. The van der Waals surface area contributed by atoms with Crippen LogP contribution in [0.1, 0.15) is 74.9 Å². The summed E-state index contributed by atoms with van der Waals surface area (Å²) in [7, 11) is -0.252. The van der Waals surface area contributed by atoms with Gasteiger partial charge in [0.1, 0.15) is 28.9 Å². The van der Waals surface area contributed by atoms with Gasteiger partial charge in [-0.2, -0.15) is 5.10 Å².